The Balaban J connectivity index is 1.71. The molecule has 0 aliphatic heterocycles. The maximum atomic E-state index is 12.1. The van der Waals surface area contributed by atoms with Crippen LogP contribution in [0.5, 0.6) is 5.75 Å². The van der Waals surface area contributed by atoms with Gasteiger partial charge in [0.25, 0.3) is 0 Å². The van der Waals surface area contributed by atoms with E-state index in [4.69, 9.17) is 14.2 Å². The van der Waals surface area contributed by atoms with Crippen molar-refractivity contribution in [3.05, 3.63) is 65.9 Å². The number of benzene rings is 2. The highest BCUT2D eigenvalue weighted by atomic mass is 16.5. The molecule has 0 spiro atoms. The normalized spacial score (nSPS) is 13.8. The van der Waals surface area contributed by atoms with Crippen molar-refractivity contribution >= 4 is 17.2 Å². The Kier molecular flexibility index (Phi) is 6.36. The number of hydrogen-bond acceptors (Lipinski definition) is 5. The number of rotatable bonds is 9. The standard InChI is InChI=1S/C22H25NO4/c1-25-15-21(22(24)26-2)20-9-4-3-6-17(20)14-27-19-8-5-7-18(12-19)23-13-16-10-11-16/h3-9,12,15-16,23H,10-11,13-14H2,1-2H3/b21-15+. The van der Waals surface area contributed by atoms with Crippen LogP contribution in [0, 0.1) is 5.92 Å². The monoisotopic (exact) mass is 367 g/mol. The maximum Gasteiger partial charge on any atom is 0.341 e. The largest absolute Gasteiger partial charge is 0.503 e. The van der Waals surface area contributed by atoms with Crippen molar-refractivity contribution < 1.29 is 19.0 Å². The first-order valence-corrected chi connectivity index (χ1v) is 9.07. The molecule has 1 saturated carbocycles. The van der Waals surface area contributed by atoms with Crippen LogP contribution in [0.15, 0.2) is 54.8 Å². The Morgan fingerprint density at radius 1 is 1.15 bits per heavy atom. The van der Waals surface area contributed by atoms with E-state index in [1.165, 1.54) is 33.3 Å². The van der Waals surface area contributed by atoms with Gasteiger partial charge in [0.15, 0.2) is 0 Å². The number of hydrogen-bond donors (Lipinski definition) is 1. The van der Waals surface area contributed by atoms with Crippen LogP contribution < -0.4 is 10.1 Å². The molecule has 1 fully saturated rings. The average molecular weight is 367 g/mol. The number of methoxy groups -OCH3 is 2. The number of nitrogens with one attached hydrogen (secondary N) is 1. The highest BCUT2D eigenvalue weighted by Crippen LogP contribution is 2.29. The Morgan fingerprint density at radius 3 is 2.70 bits per heavy atom. The minimum absolute atomic E-state index is 0.334. The number of carbonyl (C=O) groups is 1. The summed E-state index contributed by atoms with van der Waals surface area (Å²) in [7, 11) is 2.85. The molecule has 2 aromatic rings. The lowest BCUT2D eigenvalue weighted by molar-refractivity contribution is -0.133. The van der Waals surface area contributed by atoms with Crippen LogP contribution in [0.25, 0.3) is 5.57 Å². The van der Waals surface area contributed by atoms with Crippen molar-refractivity contribution in [3.63, 3.8) is 0 Å². The van der Waals surface area contributed by atoms with E-state index >= 15 is 0 Å². The number of carbonyl (C=O) groups excluding carboxylic acids is 1. The van der Waals surface area contributed by atoms with E-state index < -0.39 is 5.97 Å². The van der Waals surface area contributed by atoms with Crippen LogP contribution in [0.3, 0.4) is 0 Å². The summed E-state index contributed by atoms with van der Waals surface area (Å²) in [6, 6.07) is 15.5. The van der Waals surface area contributed by atoms with E-state index in [2.05, 4.69) is 5.32 Å². The highest BCUT2D eigenvalue weighted by Gasteiger charge is 2.20. The van der Waals surface area contributed by atoms with Crippen LogP contribution >= 0.6 is 0 Å². The predicted molar refractivity (Wildman–Crippen MR) is 105 cm³/mol. The summed E-state index contributed by atoms with van der Waals surface area (Å²) in [4.78, 5) is 12.1. The fourth-order valence-electron chi connectivity index (χ4n) is 2.80. The van der Waals surface area contributed by atoms with E-state index in [9.17, 15) is 4.79 Å². The molecule has 3 rings (SSSR count). The van der Waals surface area contributed by atoms with Gasteiger partial charge < -0.3 is 19.5 Å². The Hall–Kier alpha value is -2.95. The minimum Gasteiger partial charge on any atom is -0.503 e. The lowest BCUT2D eigenvalue weighted by Crippen LogP contribution is -2.08. The summed E-state index contributed by atoms with van der Waals surface area (Å²) in [5, 5.41) is 3.45. The minimum atomic E-state index is -0.449. The van der Waals surface area contributed by atoms with E-state index in [-0.39, 0.29) is 0 Å². The van der Waals surface area contributed by atoms with Crippen LogP contribution in [0.2, 0.25) is 0 Å². The molecule has 0 radical (unpaired) electrons. The van der Waals surface area contributed by atoms with Crippen LogP contribution in [-0.2, 0) is 20.9 Å². The van der Waals surface area contributed by atoms with Crippen molar-refractivity contribution in [2.24, 2.45) is 5.92 Å². The summed E-state index contributed by atoms with van der Waals surface area (Å²) in [5.74, 6) is 1.14. The second kappa shape index (κ2) is 9.12. The van der Waals surface area contributed by atoms with Crippen LogP contribution in [0.1, 0.15) is 24.0 Å². The number of ether oxygens (including phenoxy) is 3. The van der Waals surface area contributed by atoms with Gasteiger partial charge in [-0.2, -0.15) is 0 Å². The van der Waals surface area contributed by atoms with Gasteiger partial charge in [-0.25, -0.2) is 4.79 Å². The molecule has 0 heterocycles. The summed E-state index contributed by atoms with van der Waals surface area (Å²) in [6.45, 7) is 1.34. The highest BCUT2D eigenvalue weighted by molar-refractivity contribution is 6.16. The zero-order chi connectivity index (χ0) is 19.1. The second-order valence-electron chi connectivity index (χ2n) is 6.56. The van der Waals surface area contributed by atoms with Gasteiger partial charge in [0.05, 0.1) is 20.5 Å². The topological polar surface area (TPSA) is 56.8 Å². The molecule has 0 bridgehead atoms. The molecule has 142 valence electrons. The van der Waals surface area contributed by atoms with Gasteiger partial charge in [0.2, 0.25) is 0 Å². The zero-order valence-corrected chi connectivity index (χ0v) is 15.7. The van der Waals surface area contributed by atoms with Crippen molar-refractivity contribution in [2.75, 3.05) is 26.1 Å². The molecular formula is C22H25NO4. The van der Waals surface area contributed by atoms with Crippen molar-refractivity contribution in [1.29, 1.82) is 0 Å². The van der Waals surface area contributed by atoms with E-state index in [0.29, 0.717) is 12.2 Å². The van der Waals surface area contributed by atoms with E-state index in [1.54, 1.807) is 0 Å². The van der Waals surface area contributed by atoms with Gasteiger partial charge in [-0.1, -0.05) is 30.3 Å². The van der Waals surface area contributed by atoms with Crippen molar-refractivity contribution in [3.8, 4) is 5.75 Å². The molecule has 2 aromatic carbocycles. The first-order valence-electron chi connectivity index (χ1n) is 9.07. The molecule has 5 nitrogen and oxygen atoms in total. The van der Waals surface area contributed by atoms with Crippen LogP contribution in [-0.4, -0.2) is 26.7 Å². The molecule has 1 aliphatic rings. The van der Waals surface area contributed by atoms with Gasteiger partial charge in [-0.05, 0) is 42.0 Å². The molecule has 0 unspecified atom stereocenters. The summed E-state index contributed by atoms with van der Waals surface area (Å²) >= 11 is 0. The third-order valence-corrected chi connectivity index (χ3v) is 4.47. The quantitative estimate of drug-likeness (QED) is 0.408. The Morgan fingerprint density at radius 2 is 1.96 bits per heavy atom. The molecule has 27 heavy (non-hydrogen) atoms. The smallest absolute Gasteiger partial charge is 0.341 e. The molecule has 0 atom stereocenters. The summed E-state index contributed by atoms with van der Waals surface area (Å²) in [6.07, 6.45) is 4.03. The number of esters is 1. The van der Waals surface area contributed by atoms with Gasteiger partial charge in [0.1, 0.15) is 17.9 Å². The lowest BCUT2D eigenvalue weighted by Gasteiger charge is -2.13. The summed E-state index contributed by atoms with van der Waals surface area (Å²) < 4.78 is 15.9. The third kappa shape index (κ3) is 5.26. The molecule has 1 N–H and O–H groups in total. The fourth-order valence-corrected chi connectivity index (χ4v) is 2.80. The first-order chi connectivity index (χ1) is 13.2. The van der Waals surface area contributed by atoms with Gasteiger partial charge in [0, 0.05) is 18.3 Å². The van der Waals surface area contributed by atoms with Gasteiger partial charge in [-0.3, -0.25) is 0 Å². The second-order valence-corrected chi connectivity index (χ2v) is 6.56. The van der Waals surface area contributed by atoms with E-state index in [1.807, 2.05) is 48.5 Å². The summed E-state index contributed by atoms with van der Waals surface area (Å²) in [5.41, 5.74) is 3.03. The molecule has 5 heteroatoms. The average Bonchev–Trinajstić information content (AvgIpc) is 3.53. The Labute approximate surface area is 159 Å². The predicted octanol–water partition coefficient (Wildman–Crippen LogP) is 4.25. The fraction of sp³-hybridized carbons (Fsp3) is 0.318. The Bertz CT molecular complexity index is 811. The maximum absolute atomic E-state index is 12.1. The molecule has 1 aliphatic carbocycles. The van der Waals surface area contributed by atoms with Crippen molar-refractivity contribution in [1.82, 2.24) is 0 Å². The SMILES string of the molecule is CO/C=C(/C(=O)OC)c1ccccc1COc1cccc(NCC2CC2)c1. The molecule has 0 aromatic heterocycles. The van der Waals surface area contributed by atoms with Crippen molar-refractivity contribution in [2.45, 2.75) is 19.4 Å². The zero-order valence-electron chi connectivity index (χ0n) is 15.7. The van der Waals surface area contributed by atoms with Gasteiger partial charge >= 0.3 is 5.97 Å². The van der Waals surface area contributed by atoms with E-state index in [0.717, 1.165) is 35.0 Å². The van der Waals surface area contributed by atoms with Gasteiger partial charge in [-0.15, -0.1) is 0 Å². The molecule has 0 amide bonds. The third-order valence-electron chi connectivity index (χ3n) is 4.47. The van der Waals surface area contributed by atoms with Crippen LogP contribution in [0.4, 0.5) is 5.69 Å². The number of anilines is 1. The molecular weight excluding hydrogens is 342 g/mol. The molecule has 0 saturated heterocycles. The lowest BCUT2D eigenvalue weighted by atomic mass is 10.0. The first kappa shape index (κ1) is 18.8.